The maximum Gasteiger partial charge on any atom is 0.472 e. The van der Waals surface area contributed by atoms with Crippen molar-refractivity contribution in [1.82, 2.24) is 0 Å². The van der Waals surface area contributed by atoms with Crippen molar-refractivity contribution in [3.05, 3.63) is 60.8 Å². The molecule has 0 fully saturated rings. The number of unbranched alkanes of at least 4 members (excludes halogenated alkanes) is 18. The maximum absolute atomic E-state index is 12.5. The fourth-order valence-corrected chi connectivity index (χ4v) is 6.17. The number of allylic oxidation sites excluding steroid dienone is 10. The summed E-state index contributed by atoms with van der Waals surface area (Å²) in [6, 6.07) is 0. The van der Waals surface area contributed by atoms with Crippen LogP contribution in [0.1, 0.15) is 162 Å². The number of hydrogen-bond acceptors (Lipinski definition) is 9. The number of ether oxygens (including phenoxy) is 2. The summed E-state index contributed by atoms with van der Waals surface area (Å²) in [5, 5.41) is 18.3. The first kappa shape index (κ1) is 51.7. The van der Waals surface area contributed by atoms with Crippen LogP contribution in [0.4, 0.5) is 0 Å². The van der Waals surface area contributed by atoms with Gasteiger partial charge in [-0.25, -0.2) is 4.57 Å². The fraction of sp³-hybridized carbons (Fsp3) is 0.721. The van der Waals surface area contributed by atoms with E-state index in [1.54, 1.807) is 0 Å². The molecule has 0 aliphatic carbocycles. The van der Waals surface area contributed by atoms with Gasteiger partial charge in [-0.1, -0.05) is 184 Å². The Morgan fingerprint density at radius 1 is 0.574 bits per heavy atom. The van der Waals surface area contributed by atoms with Crippen molar-refractivity contribution in [2.75, 3.05) is 26.4 Å². The second kappa shape index (κ2) is 38.9. The molecule has 2 unspecified atom stereocenters. The highest BCUT2D eigenvalue weighted by Crippen LogP contribution is 2.43. The third-order valence-electron chi connectivity index (χ3n) is 8.56. The Morgan fingerprint density at radius 2 is 1.02 bits per heavy atom. The van der Waals surface area contributed by atoms with E-state index in [0.29, 0.717) is 19.3 Å². The molecular weight excluding hydrogens is 707 g/mol. The minimum atomic E-state index is -4.63. The number of carbonyl (C=O) groups is 2. The summed E-state index contributed by atoms with van der Waals surface area (Å²) in [4.78, 5) is 34.9. The molecular formula is C43H75O10P. The quantitative estimate of drug-likeness (QED) is 0.0239. The zero-order valence-corrected chi connectivity index (χ0v) is 34.6. The zero-order valence-electron chi connectivity index (χ0n) is 33.7. The van der Waals surface area contributed by atoms with Crippen LogP contribution < -0.4 is 0 Å². The molecule has 0 aromatic carbocycles. The van der Waals surface area contributed by atoms with Crippen molar-refractivity contribution >= 4 is 19.8 Å². The average molecular weight is 783 g/mol. The largest absolute Gasteiger partial charge is 0.472 e. The molecule has 10 nitrogen and oxygen atoms in total. The highest BCUT2D eigenvalue weighted by atomic mass is 31.2. The molecule has 0 spiro atoms. The number of aliphatic hydroxyl groups excluding tert-OH is 2. The molecule has 0 saturated carbocycles. The van der Waals surface area contributed by atoms with Crippen LogP contribution >= 0.6 is 7.82 Å². The molecule has 0 aliphatic rings. The average Bonchev–Trinajstić information content (AvgIpc) is 3.16. The summed E-state index contributed by atoms with van der Waals surface area (Å²) in [5.41, 5.74) is 0. The summed E-state index contributed by atoms with van der Waals surface area (Å²) >= 11 is 0. The van der Waals surface area contributed by atoms with Gasteiger partial charge in [0.05, 0.1) is 19.8 Å². The van der Waals surface area contributed by atoms with Gasteiger partial charge in [-0.3, -0.25) is 18.6 Å². The van der Waals surface area contributed by atoms with Crippen LogP contribution in [0.5, 0.6) is 0 Å². The van der Waals surface area contributed by atoms with Gasteiger partial charge in [-0.05, 0) is 25.7 Å². The number of rotatable bonds is 38. The summed E-state index contributed by atoms with van der Waals surface area (Å²) in [5.74, 6) is -1.01. The Balaban J connectivity index is 4.36. The topological polar surface area (TPSA) is 149 Å². The molecule has 312 valence electrons. The van der Waals surface area contributed by atoms with Crippen molar-refractivity contribution in [1.29, 1.82) is 0 Å². The molecule has 0 aliphatic heterocycles. The predicted octanol–water partition coefficient (Wildman–Crippen LogP) is 10.7. The number of phosphoric acid groups is 1. The molecule has 0 rings (SSSR count). The fourth-order valence-electron chi connectivity index (χ4n) is 5.38. The van der Waals surface area contributed by atoms with E-state index in [-0.39, 0.29) is 19.4 Å². The van der Waals surface area contributed by atoms with E-state index in [2.05, 4.69) is 24.4 Å². The summed E-state index contributed by atoms with van der Waals surface area (Å²) in [6.07, 6.45) is 42.1. The van der Waals surface area contributed by atoms with Crippen LogP contribution in [0.15, 0.2) is 60.8 Å². The van der Waals surface area contributed by atoms with Crippen LogP contribution in [0.3, 0.4) is 0 Å². The Hall–Kier alpha value is -2.33. The maximum atomic E-state index is 12.5. The first-order valence-electron chi connectivity index (χ1n) is 20.8. The summed E-state index contributed by atoms with van der Waals surface area (Å²) < 4.78 is 32.6. The number of aliphatic hydroxyl groups is 2. The minimum absolute atomic E-state index is 0.0871. The van der Waals surface area contributed by atoms with Crippen molar-refractivity contribution in [3.8, 4) is 0 Å². The van der Waals surface area contributed by atoms with Crippen molar-refractivity contribution < 1.29 is 47.8 Å². The van der Waals surface area contributed by atoms with E-state index in [4.69, 9.17) is 19.1 Å². The molecule has 0 aromatic rings. The Bertz CT molecular complexity index is 1080. The van der Waals surface area contributed by atoms with Gasteiger partial charge in [0.1, 0.15) is 12.7 Å². The van der Waals surface area contributed by atoms with Crippen molar-refractivity contribution in [3.63, 3.8) is 0 Å². The second-order valence-electron chi connectivity index (χ2n) is 13.8. The lowest BCUT2D eigenvalue weighted by atomic mass is 10.0. The van der Waals surface area contributed by atoms with Crippen LogP contribution in [-0.4, -0.2) is 65.7 Å². The van der Waals surface area contributed by atoms with Gasteiger partial charge in [0.25, 0.3) is 0 Å². The predicted molar refractivity (Wildman–Crippen MR) is 219 cm³/mol. The third kappa shape index (κ3) is 38.0. The zero-order chi connectivity index (χ0) is 39.8. The molecule has 0 bridgehead atoms. The highest BCUT2D eigenvalue weighted by Gasteiger charge is 2.27. The minimum Gasteiger partial charge on any atom is -0.462 e. The van der Waals surface area contributed by atoms with Gasteiger partial charge in [-0.2, -0.15) is 0 Å². The van der Waals surface area contributed by atoms with Gasteiger partial charge in [0.15, 0.2) is 6.10 Å². The van der Waals surface area contributed by atoms with E-state index < -0.39 is 51.8 Å². The first-order chi connectivity index (χ1) is 26.2. The van der Waals surface area contributed by atoms with Crippen LogP contribution in [0.2, 0.25) is 0 Å². The first-order valence-corrected chi connectivity index (χ1v) is 22.3. The lowest BCUT2D eigenvalue weighted by molar-refractivity contribution is -0.161. The molecule has 0 aromatic heterocycles. The highest BCUT2D eigenvalue weighted by molar-refractivity contribution is 7.47. The number of carbonyl (C=O) groups excluding carboxylic acids is 2. The van der Waals surface area contributed by atoms with E-state index in [1.807, 2.05) is 54.7 Å². The molecule has 0 saturated heterocycles. The van der Waals surface area contributed by atoms with E-state index in [0.717, 1.165) is 25.7 Å². The molecule has 3 atom stereocenters. The molecule has 54 heavy (non-hydrogen) atoms. The van der Waals surface area contributed by atoms with Crippen LogP contribution in [0, 0.1) is 0 Å². The lowest BCUT2D eigenvalue weighted by Crippen LogP contribution is -2.29. The third-order valence-corrected chi connectivity index (χ3v) is 9.52. The Kier molecular flexibility index (Phi) is 37.2. The number of esters is 2. The molecule has 0 amide bonds. The molecule has 11 heteroatoms. The monoisotopic (exact) mass is 783 g/mol. The van der Waals surface area contributed by atoms with E-state index in [9.17, 15) is 24.2 Å². The van der Waals surface area contributed by atoms with Crippen molar-refractivity contribution in [2.24, 2.45) is 0 Å². The van der Waals surface area contributed by atoms with E-state index in [1.165, 1.54) is 89.9 Å². The summed E-state index contributed by atoms with van der Waals surface area (Å²) in [7, 11) is -4.63. The van der Waals surface area contributed by atoms with Crippen LogP contribution in [-0.2, 0) is 32.7 Å². The molecule has 0 radical (unpaired) electrons. The summed E-state index contributed by atoms with van der Waals surface area (Å²) in [6.45, 7) is 2.15. The van der Waals surface area contributed by atoms with Crippen molar-refractivity contribution in [2.45, 2.75) is 174 Å². The van der Waals surface area contributed by atoms with Gasteiger partial charge >= 0.3 is 19.8 Å². The van der Waals surface area contributed by atoms with E-state index >= 15 is 0 Å². The van der Waals surface area contributed by atoms with Crippen LogP contribution in [0.25, 0.3) is 0 Å². The molecule has 0 heterocycles. The number of phosphoric ester groups is 1. The molecule has 3 N–H and O–H groups in total. The normalized spacial score (nSPS) is 14.5. The Morgan fingerprint density at radius 3 is 1.52 bits per heavy atom. The number of hydrogen-bond donors (Lipinski definition) is 3. The Labute approximate surface area is 327 Å². The standard InChI is InChI=1S/C43H75O10P/c1-3-5-7-9-11-13-15-17-18-19-20-21-23-24-26-28-30-32-34-42(46)50-38-41(39-52-54(48,49)51-37-40(45)36-44)53-43(47)35-33-31-29-27-25-22-16-14-12-10-8-6-4-2/h6,8,10,12,14,16,22,25,27,29,40-41,44-45H,3-5,7,9,11,13,15,17-21,23-24,26,28,30-39H2,1-2H3,(H,48,49)/b8-6+,12-10+,16-14+,25-22+,29-27+/t40-,41?/m1/s1. The smallest absolute Gasteiger partial charge is 0.462 e. The van der Waals surface area contributed by atoms with Gasteiger partial charge in [-0.15, -0.1) is 0 Å². The van der Waals surface area contributed by atoms with Gasteiger partial charge < -0.3 is 24.6 Å². The van der Waals surface area contributed by atoms with Gasteiger partial charge in [0, 0.05) is 12.8 Å². The second-order valence-corrected chi connectivity index (χ2v) is 15.2. The van der Waals surface area contributed by atoms with Gasteiger partial charge in [0.2, 0.25) is 0 Å². The SMILES string of the molecule is CC/C=C/C=C/C=C/C=C/C=C/CCCC(=O)OC(COC(=O)CCCCCCCCCCCCCCCCCCCC)COP(=O)(O)OC[C@H](O)CO. The lowest BCUT2D eigenvalue weighted by Gasteiger charge is -2.20.